The first-order valence-electron chi connectivity index (χ1n) is 23.6. The lowest BCUT2D eigenvalue weighted by atomic mass is 9.95. The fourth-order valence-corrected chi connectivity index (χ4v) is 7.80. The van der Waals surface area contributed by atoms with Crippen LogP contribution in [0.2, 0.25) is 0 Å². The summed E-state index contributed by atoms with van der Waals surface area (Å²) in [6, 6.07) is 10.1. The predicted octanol–water partition coefficient (Wildman–Crippen LogP) is 12.3. The van der Waals surface area contributed by atoms with Crippen molar-refractivity contribution in [3.63, 3.8) is 0 Å². The van der Waals surface area contributed by atoms with Gasteiger partial charge < -0.3 is 37.9 Å². The van der Waals surface area contributed by atoms with E-state index in [1.807, 2.05) is 30.3 Å². The van der Waals surface area contributed by atoms with Gasteiger partial charge in [-0.05, 0) is 32.1 Å². The largest absolute Gasteiger partial charge is 0.376 e. The number of rotatable bonds is 35. The van der Waals surface area contributed by atoms with Crippen LogP contribution in [0.5, 0.6) is 0 Å². The molecule has 8 heteroatoms. The van der Waals surface area contributed by atoms with Gasteiger partial charge in [-0.3, -0.25) is 0 Å². The van der Waals surface area contributed by atoms with Crippen LogP contribution < -0.4 is 0 Å². The Hall–Kier alpha value is -1.10. The van der Waals surface area contributed by atoms with Crippen LogP contribution in [0, 0.1) is 5.92 Å². The lowest BCUT2D eigenvalue weighted by molar-refractivity contribution is -0.371. The quantitative estimate of drug-likeness (QED) is 0.0629. The molecule has 1 aromatic rings. The molecule has 0 spiro atoms. The van der Waals surface area contributed by atoms with Crippen molar-refractivity contribution in [1.29, 1.82) is 0 Å². The topological polar surface area (TPSA) is 73.8 Å². The number of hydrogen-bond donors (Lipinski definition) is 0. The Morgan fingerprint density at radius 2 is 1.11 bits per heavy atom. The van der Waals surface area contributed by atoms with Crippen molar-refractivity contribution in [2.45, 2.75) is 226 Å². The molecule has 0 aliphatic carbocycles. The molecule has 2 heterocycles. The maximum absolute atomic E-state index is 6.79. The standard InChI is InChI=1S/C48H86O8/c1-7-12-17-18-19-20-21-22-23-24-25-29-32-41(49-33-13-8-2)43(50-34-14-9-3)39(6)37-53-48-46(52-36-16-11-5)45(51-35-15-10-4)44-42(55-48)38-54-47(56-44)40-30-27-26-28-31-40/h26-28,30-31,39,41-48H,7-25,29,32-38H2,1-6H3/t39-,41+,42?,43-,44-,45-,46?,47?,48-/m0/s1. The van der Waals surface area contributed by atoms with E-state index in [-0.39, 0.29) is 36.4 Å². The van der Waals surface area contributed by atoms with Gasteiger partial charge in [0.15, 0.2) is 12.6 Å². The van der Waals surface area contributed by atoms with Crippen LogP contribution in [0.4, 0.5) is 0 Å². The lowest BCUT2D eigenvalue weighted by Gasteiger charge is -2.49. The molecule has 1 aromatic carbocycles. The smallest absolute Gasteiger partial charge is 0.186 e. The van der Waals surface area contributed by atoms with Crippen molar-refractivity contribution in [3.05, 3.63) is 35.9 Å². The van der Waals surface area contributed by atoms with Crippen molar-refractivity contribution in [2.75, 3.05) is 39.6 Å². The highest BCUT2D eigenvalue weighted by Crippen LogP contribution is 2.37. The molecule has 56 heavy (non-hydrogen) atoms. The number of hydrogen-bond acceptors (Lipinski definition) is 8. The molecule has 0 amide bonds. The van der Waals surface area contributed by atoms with Gasteiger partial charge in [-0.1, -0.05) is 175 Å². The Balaban J connectivity index is 1.66. The third kappa shape index (κ3) is 18.9. The Morgan fingerprint density at radius 3 is 1.71 bits per heavy atom. The minimum absolute atomic E-state index is 0.0357. The van der Waals surface area contributed by atoms with E-state index in [9.17, 15) is 0 Å². The van der Waals surface area contributed by atoms with E-state index in [4.69, 9.17) is 37.9 Å². The van der Waals surface area contributed by atoms with Gasteiger partial charge in [0.1, 0.15) is 24.4 Å². The summed E-state index contributed by atoms with van der Waals surface area (Å²) in [4.78, 5) is 0. The number of ether oxygens (including phenoxy) is 8. The normalized spacial score (nSPS) is 24.2. The zero-order valence-corrected chi connectivity index (χ0v) is 36.9. The van der Waals surface area contributed by atoms with Gasteiger partial charge in [-0.25, -0.2) is 0 Å². The molecule has 326 valence electrons. The van der Waals surface area contributed by atoms with E-state index in [0.29, 0.717) is 26.4 Å². The SMILES string of the molecule is CCCCCCCCCCCCCC[C@@H](OCCCC)[C@@H](OCCCC)[C@@H](C)CO[C@H]1OC2COC(c3ccccc3)O[C@@H]2[C@H](OCCCC)C1OCCCC. The van der Waals surface area contributed by atoms with Crippen molar-refractivity contribution >= 4 is 0 Å². The molecule has 2 fully saturated rings. The van der Waals surface area contributed by atoms with E-state index >= 15 is 0 Å². The molecule has 3 unspecified atom stereocenters. The van der Waals surface area contributed by atoms with E-state index in [0.717, 1.165) is 83.0 Å². The summed E-state index contributed by atoms with van der Waals surface area (Å²) in [7, 11) is 0. The minimum atomic E-state index is -0.616. The fourth-order valence-electron chi connectivity index (χ4n) is 7.80. The first kappa shape index (κ1) is 49.3. The molecule has 0 N–H and O–H groups in total. The highest BCUT2D eigenvalue weighted by atomic mass is 16.8. The molecule has 2 aliphatic heterocycles. The van der Waals surface area contributed by atoms with Crippen molar-refractivity contribution in [1.82, 2.24) is 0 Å². The average Bonchev–Trinajstić information content (AvgIpc) is 3.22. The summed E-state index contributed by atoms with van der Waals surface area (Å²) in [6.45, 7) is 17.0. The summed E-state index contributed by atoms with van der Waals surface area (Å²) in [5.41, 5.74) is 0.988. The highest BCUT2D eigenvalue weighted by Gasteiger charge is 2.52. The third-order valence-electron chi connectivity index (χ3n) is 11.4. The van der Waals surface area contributed by atoms with Gasteiger partial charge in [-0.2, -0.15) is 0 Å². The first-order chi connectivity index (χ1) is 27.6. The molecule has 2 aliphatic rings. The van der Waals surface area contributed by atoms with Crippen LogP contribution in [0.15, 0.2) is 30.3 Å². The number of unbranched alkanes of at least 4 members (excludes halogenated alkanes) is 15. The fraction of sp³-hybridized carbons (Fsp3) is 0.875. The zero-order valence-electron chi connectivity index (χ0n) is 36.9. The summed E-state index contributed by atoms with van der Waals surface area (Å²) in [5.74, 6) is 0.0919. The molecule has 2 saturated heterocycles. The monoisotopic (exact) mass is 791 g/mol. The molecule has 0 radical (unpaired) electrons. The zero-order chi connectivity index (χ0) is 40.1. The predicted molar refractivity (Wildman–Crippen MR) is 228 cm³/mol. The van der Waals surface area contributed by atoms with E-state index in [1.54, 1.807) is 0 Å². The van der Waals surface area contributed by atoms with Crippen LogP contribution in [-0.2, 0) is 37.9 Å². The summed E-state index contributed by atoms with van der Waals surface area (Å²) in [6.07, 6.45) is 22.9. The number of benzene rings is 1. The van der Waals surface area contributed by atoms with Gasteiger partial charge in [0.25, 0.3) is 0 Å². The average molecular weight is 791 g/mol. The molecule has 0 bridgehead atoms. The second kappa shape index (κ2) is 31.8. The minimum Gasteiger partial charge on any atom is -0.376 e. The molecule has 0 saturated carbocycles. The summed E-state index contributed by atoms with van der Waals surface area (Å²) >= 11 is 0. The molecular weight excluding hydrogens is 705 g/mol. The Kier molecular flexibility index (Phi) is 28.0. The second-order valence-corrected chi connectivity index (χ2v) is 16.5. The van der Waals surface area contributed by atoms with Crippen molar-refractivity contribution in [2.24, 2.45) is 5.92 Å². The molecule has 0 aromatic heterocycles. The molecule has 3 rings (SSSR count). The van der Waals surface area contributed by atoms with Crippen molar-refractivity contribution < 1.29 is 37.9 Å². The lowest BCUT2D eigenvalue weighted by Crippen LogP contribution is -2.64. The Morgan fingerprint density at radius 1 is 0.571 bits per heavy atom. The summed E-state index contributed by atoms with van der Waals surface area (Å²) in [5, 5.41) is 0. The van der Waals surface area contributed by atoms with Gasteiger partial charge >= 0.3 is 0 Å². The summed E-state index contributed by atoms with van der Waals surface area (Å²) < 4.78 is 53.1. The van der Waals surface area contributed by atoms with Gasteiger partial charge in [-0.15, -0.1) is 0 Å². The molecular formula is C48H86O8. The van der Waals surface area contributed by atoms with Crippen LogP contribution >= 0.6 is 0 Å². The first-order valence-corrected chi connectivity index (χ1v) is 23.6. The second-order valence-electron chi connectivity index (χ2n) is 16.5. The van der Waals surface area contributed by atoms with Crippen molar-refractivity contribution in [3.8, 4) is 0 Å². The Labute approximate surface area is 344 Å². The maximum atomic E-state index is 6.79. The van der Waals surface area contributed by atoms with E-state index in [1.165, 1.54) is 70.6 Å². The highest BCUT2D eigenvalue weighted by molar-refractivity contribution is 5.16. The van der Waals surface area contributed by atoms with Crippen LogP contribution in [0.3, 0.4) is 0 Å². The van der Waals surface area contributed by atoms with Crippen LogP contribution in [-0.4, -0.2) is 82.6 Å². The van der Waals surface area contributed by atoms with E-state index < -0.39 is 18.7 Å². The third-order valence-corrected chi connectivity index (χ3v) is 11.4. The van der Waals surface area contributed by atoms with Gasteiger partial charge in [0.2, 0.25) is 0 Å². The Bertz CT molecular complexity index is 1030. The van der Waals surface area contributed by atoms with Crippen LogP contribution in [0.25, 0.3) is 0 Å². The molecule has 8 nitrogen and oxygen atoms in total. The molecule has 9 atom stereocenters. The van der Waals surface area contributed by atoms with Crippen LogP contribution in [0.1, 0.15) is 188 Å². The number of fused-ring (bicyclic) bond motifs is 1. The van der Waals surface area contributed by atoms with Gasteiger partial charge in [0, 0.05) is 37.9 Å². The maximum Gasteiger partial charge on any atom is 0.186 e. The van der Waals surface area contributed by atoms with Gasteiger partial charge in [0.05, 0.1) is 25.4 Å². The van der Waals surface area contributed by atoms with E-state index in [2.05, 4.69) is 41.5 Å².